The SMILES string of the molecule is O=C(/C=C/c1c[nH]c2ccccc12)N1CCC(Nc2cc(-c3ccccc3O)nc3c(Br)cnn23)CC1. The number of hydrogen-bond donors (Lipinski definition) is 3. The zero-order valence-corrected chi connectivity index (χ0v) is 21.5. The number of aromatic nitrogens is 4. The smallest absolute Gasteiger partial charge is 0.246 e. The number of anilines is 1. The number of phenolic OH excluding ortho intramolecular Hbond substituents is 1. The van der Waals surface area contributed by atoms with Crippen molar-refractivity contribution < 1.29 is 9.90 Å². The molecule has 1 saturated heterocycles. The molecule has 0 saturated carbocycles. The molecule has 3 aromatic heterocycles. The summed E-state index contributed by atoms with van der Waals surface area (Å²) in [5, 5.41) is 19.5. The Morgan fingerprint density at radius 1 is 1.14 bits per heavy atom. The first-order chi connectivity index (χ1) is 18.1. The van der Waals surface area contributed by atoms with Crippen LogP contribution in [-0.4, -0.2) is 54.6 Å². The van der Waals surface area contributed by atoms with Crippen molar-refractivity contribution in [3.05, 3.63) is 83.1 Å². The molecule has 0 aliphatic carbocycles. The van der Waals surface area contributed by atoms with Gasteiger partial charge in [-0.15, -0.1) is 0 Å². The molecular formula is C28H25BrN6O2. The summed E-state index contributed by atoms with van der Waals surface area (Å²) in [5.41, 5.74) is 4.04. The Morgan fingerprint density at radius 3 is 2.76 bits per heavy atom. The third kappa shape index (κ3) is 4.58. The summed E-state index contributed by atoms with van der Waals surface area (Å²) in [4.78, 5) is 22.7. The number of piperidine rings is 1. The van der Waals surface area contributed by atoms with Crippen molar-refractivity contribution in [1.82, 2.24) is 24.5 Å². The van der Waals surface area contributed by atoms with Gasteiger partial charge in [-0.25, -0.2) is 4.98 Å². The molecule has 0 spiro atoms. The molecule has 1 fully saturated rings. The Morgan fingerprint density at radius 2 is 1.92 bits per heavy atom. The Bertz CT molecular complexity index is 1630. The van der Waals surface area contributed by atoms with Crippen LogP contribution in [0.2, 0.25) is 0 Å². The van der Waals surface area contributed by atoms with Gasteiger partial charge in [0.2, 0.25) is 5.91 Å². The Balaban J connectivity index is 1.16. The average Bonchev–Trinajstić information content (AvgIpc) is 3.51. The van der Waals surface area contributed by atoms with Crippen LogP contribution in [0.4, 0.5) is 5.82 Å². The quantitative estimate of drug-likeness (QED) is 0.249. The standard InChI is InChI=1S/C28H25BrN6O2/c29-22-17-31-35-26(15-24(33-28(22)35)21-6-2-4-8-25(21)36)32-19-11-13-34(14-12-19)27(37)10-9-18-16-30-23-7-3-1-5-20(18)23/h1-10,15-17,19,30,32,36H,11-14H2/b10-9+. The molecule has 1 aliphatic rings. The number of nitrogens with zero attached hydrogens (tertiary/aromatic N) is 4. The van der Waals surface area contributed by atoms with E-state index in [1.807, 2.05) is 59.6 Å². The number of likely N-dealkylation sites (tertiary alicyclic amines) is 1. The molecule has 0 atom stereocenters. The molecule has 0 radical (unpaired) electrons. The van der Waals surface area contributed by atoms with Crippen LogP contribution in [0.25, 0.3) is 33.9 Å². The highest BCUT2D eigenvalue weighted by atomic mass is 79.9. The van der Waals surface area contributed by atoms with Crippen molar-refractivity contribution in [2.45, 2.75) is 18.9 Å². The Kier molecular flexibility index (Phi) is 6.13. The number of fused-ring (bicyclic) bond motifs is 2. The summed E-state index contributed by atoms with van der Waals surface area (Å²) >= 11 is 3.53. The van der Waals surface area contributed by atoms with Crippen molar-refractivity contribution in [1.29, 1.82) is 0 Å². The second kappa shape index (κ2) is 9.74. The van der Waals surface area contributed by atoms with Crippen LogP contribution >= 0.6 is 15.9 Å². The number of aromatic hydroxyl groups is 1. The van der Waals surface area contributed by atoms with Crippen molar-refractivity contribution in [2.24, 2.45) is 0 Å². The van der Waals surface area contributed by atoms with Gasteiger partial charge >= 0.3 is 0 Å². The highest BCUT2D eigenvalue weighted by Crippen LogP contribution is 2.31. The zero-order chi connectivity index (χ0) is 25.4. The number of hydrogen-bond acceptors (Lipinski definition) is 5. The molecule has 0 unspecified atom stereocenters. The maximum atomic E-state index is 12.9. The summed E-state index contributed by atoms with van der Waals surface area (Å²) in [5.74, 6) is 0.985. The molecule has 0 bridgehead atoms. The Hall–Kier alpha value is -4.11. The number of para-hydroxylation sites is 2. The zero-order valence-electron chi connectivity index (χ0n) is 19.9. The normalized spacial score (nSPS) is 14.7. The van der Waals surface area contributed by atoms with Gasteiger partial charge in [0.05, 0.1) is 16.4 Å². The van der Waals surface area contributed by atoms with Crippen LogP contribution in [0, 0.1) is 0 Å². The molecule has 3 N–H and O–H groups in total. The lowest BCUT2D eigenvalue weighted by Crippen LogP contribution is -2.42. The summed E-state index contributed by atoms with van der Waals surface area (Å²) in [6, 6.07) is 17.3. The monoisotopic (exact) mass is 556 g/mol. The van der Waals surface area contributed by atoms with Crippen molar-refractivity contribution in [3.8, 4) is 17.0 Å². The fourth-order valence-electron chi connectivity index (χ4n) is 4.82. The molecule has 6 rings (SSSR count). The van der Waals surface area contributed by atoms with Gasteiger partial charge in [-0.3, -0.25) is 4.79 Å². The molecule has 5 aromatic rings. The molecule has 4 heterocycles. The van der Waals surface area contributed by atoms with E-state index in [4.69, 9.17) is 4.98 Å². The number of carbonyl (C=O) groups is 1. The van der Waals surface area contributed by atoms with Gasteiger partial charge in [-0.05, 0) is 58.6 Å². The Labute approximate surface area is 221 Å². The number of amides is 1. The number of halogens is 1. The van der Waals surface area contributed by atoms with Gasteiger partial charge < -0.3 is 20.3 Å². The van der Waals surface area contributed by atoms with E-state index in [-0.39, 0.29) is 17.7 Å². The van der Waals surface area contributed by atoms with Crippen LogP contribution in [0.15, 0.2) is 77.5 Å². The van der Waals surface area contributed by atoms with Gasteiger partial charge in [-0.1, -0.05) is 30.3 Å². The lowest BCUT2D eigenvalue weighted by atomic mass is 10.0. The van der Waals surface area contributed by atoms with Gasteiger partial charge in [0.15, 0.2) is 5.65 Å². The summed E-state index contributed by atoms with van der Waals surface area (Å²) < 4.78 is 2.53. The highest BCUT2D eigenvalue weighted by molar-refractivity contribution is 9.10. The van der Waals surface area contributed by atoms with Crippen LogP contribution in [0.3, 0.4) is 0 Å². The molecule has 2 aromatic carbocycles. The van der Waals surface area contributed by atoms with Gasteiger partial charge in [-0.2, -0.15) is 9.61 Å². The van der Waals surface area contributed by atoms with E-state index in [0.29, 0.717) is 30.0 Å². The van der Waals surface area contributed by atoms with E-state index in [2.05, 4.69) is 31.3 Å². The molecule has 1 aliphatic heterocycles. The summed E-state index contributed by atoms with van der Waals surface area (Å²) in [7, 11) is 0. The number of benzene rings is 2. The topological polar surface area (TPSA) is 98.5 Å². The van der Waals surface area contributed by atoms with E-state index in [0.717, 1.165) is 39.6 Å². The van der Waals surface area contributed by atoms with E-state index in [9.17, 15) is 9.90 Å². The van der Waals surface area contributed by atoms with E-state index < -0.39 is 0 Å². The third-order valence-electron chi connectivity index (χ3n) is 6.79. The largest absolute Gasteiger partial charge is 0.507 e. The second-order valence-electron chi connectivity index (χ2n) is 9.14. The van der Waals surface area contributed by atoms with Crippen LogP contribution in [0.5, 0.6) is 5.75 Å². The maximum absolute atomic E-state index is 12.9. The van der Waals surface area contributed by atoms with E-state index in [1.54, 1.807) is 28.9 Å². The van der Waals surface area contributed by atoms with E-state index >= 15 is 0 Å². The van der Waals surface area contributed by atoms with Crippen molar-refractivity contribution in [2.75, 3.05) is 18.4 Å². The predicted octanol–water partition coefficient (Wildman–Crippen LogP) is 5.46. The minimum absolute atomic E-state index is 0.0212. The molecule has 8 nitrogen and oxygen atoms in total. The maximum Gasteiger partial charge on any atom is 0.246 e. The minimum Gasteiger partial charge on any atom is -0.507 e. The second-order valence-corrected chi connectivity index (χ2v) is 9.99. The van der Waals surface area contributed by atoms with Crippen molar-refractivity contribution in [3.63, 3.8) is 0 Å². The van der Waals surface area contributed by atoms with Crippen LogP contribution < -0.4 is 5.32 Å². The van der Waals surface area contributed by atoms with Gasteiger partial charge in [0, 0.05) is 53.9 Å². The molecule has 186 valence electrons. The lowest BCUT2D eigenvalue weighted by Gasteiger charge is -2.32. The first-order valence-electron chi connectivity index (χ1n) is 12.2. The number of carbonyl (C=O) groups excluding carboxylic acids is 1. The number of nitrogens with one attached hydrogen (secondary N) is 2. The highest BCUT2D eigenvalue weighted by Gasteiger charge is 2.23. The average molecular weight is 557 g/mol. The fourth-order valence-corrected chi connectivity index (χ4v) is 5.17. The summed E-state index contributed by atoms with van der Waals surface area (Å²) in [6.45, 7) is 1.33. The number of H-pyrrole nitrogens is 1. The molecule has 37 heavy (non-hydrogen) atoms. The first-order valence-corrected chi connectivity index (χ1v) is 13.0. The predicted molar refractivity (Wildman–Crippen MR) is 148 cm³/mol. The van der Waals surface area contributed by atoms with E-state index in [1.165, 1.54) is 0 Å². The first kappa shape index (κ1) is 23.3. The van der Waals surface area contributed by atoms with Crippen LogP contribution in [-0.2, 0) is 4.79 Å². The molecular weight excluding hydrogens is 532 g/mol. The van der Waals surface area contributed by atoms with Gasteiger partial charge in [0.25, 0.3) is 0 Å². The van der Waals surface area contributed by atoms with Gasteiger partial charge in [0.1, 0.15) is 11.6 Å². The number of aromatic amines is 1. The lowest BCUT2D eigenvalue weighted by molar-refractivity contribution is -0.126. The number of phenols is 1. The number of rotatable bonds is 5. The molecule has 1 amide bonds. The van der Waals surface area contributed by atoms with Crippen molar-refractivity contribution >= 4 is 50.3 Å². The summed E-state index contributed by atoms with van der Waals surface area (Å²) in [6.07, 6.45) is 8.81. The fraction of sp³-hybridized carbons (Fsp3) is 0.179. The molecule has 9 heteroatoms. The third-order valence-corrected chi connectivity index (χ3v) is 7.35. The minimum atomic E-state index is 0.0212. The van der Waals surface area contributed by atoms with Crippen LogP contribution in [0.1, 0.15) is 18.4 Å².